The maximum atomic E-state index is 3.60. The molecule has 0 saturated heterocycles. The van der Waals surface area contributed by atoms with Crippen molar-refractivity contribution in [2.45, 2.75) is 46.5 Å². The van der Waals surface area contributed by atoms with Crippen LogP contribution < -0.4 is 5.32 Å². The van der Waals surface area contributed by atoms with Crippen molar-refractivity contribution in [2.75, 3.05) is 13.1 Å². The number of hydrogen-bond donors (Lipinski definition) is 1. The Bertz CT molecular complexity index is 318. The SMILES string of the molecule is CCCNCC(CC)(CC)Cc1cc(Br)cs1. The molecule has 0 fully saturated rings. The van der Waals surface area contributed by atoms with E-state index < -0.39 is 0 Å². The van der Waals surface area contributed by atoms with Crippen LogP contribution >= 0.6 is 27.3 Å². The lowest BCUT2D eigenvalue weighted by molar-refractivity contribution is 0.248. The monoisotopic (exact) mass is 317 g/mol. The molecule has 0 aromatic carbocycles. The summed E-state index contributed by atoms with van der Waals surface area (Å²) in [6, 6.07) is 2.27. The summed E-state index contributed by atoms with van der Waals surface area (Å²) in [6.07, 6.45) is 4.91. The summed E-state index contributed by atoms with van der Waals surface area (Å²) in [7, 11) is 0. The smallest absolute Gasteiger partial charge is 0.0285 e. The molecule has 3 heteroatoms. The highest BCUT2D eigenvalue weighted by molar-refractivity contribution is 9.10. The largest absolute Gasteiger partial charge is 0.316 e. The summed E-state index contributed by atoms with van der Waals surface area (Å²) in [5.41, 5.74) is 0.430. The van der Waals surface area contributed by atoms with Crippen molar-refractivity contribution < 1.29 is 0 Å². The van der Waals surface area contributed by atoms with Crippen molar-refractivity contribution in [1.29, 1.82) is 0 Å². The predicted octanol–water partition coefficient (Wildman–Crippen LogP) is 4.86. The molecule has 0 atom stereocenters. The van der Waals surface area contributed by atoms with Gasteiger partial charge in [0, 0.05) is 21.3 Å². The Kier molecular flexibility index (Phi) is 6.75. The third-order valence-corrected chi connectivity index (χ3v) is 5.30. The van der Waals surface area contributed by atoms with Crippen LogP contribution in [0.25, 0.3) is 0 Å². The molecule has 1 rings (SSSR count). The van der Waals surface area contributed by atoms with Gasteiger partial charge in [0.25, 0.3) is 0 Å². The van der Waals surface area contributed by atoms with Crippen LogP contribution in [-0.4, -0.2) is 13.1 Å². The number of nitrogens with one attached hydrogen (secondary N) is 1. The third-order valence-electron chi connectivity index (χ3n) is 3.60. The van der Waals surface area contributed by atoms with Crippen LogP contribution in [0.1, 0.15) is 44.9 Å². The summed E-state index contributed by atoms with van der Waals surface area (Å²) >= 11 is 5.41. The number of rotatable bonds is 8. The lowest BCUT2D eigenvalue weighted by Crippen LogP contribution is -2.35. The summed E-state index contributed by atoms with van der Waals surface area (Å²) in [5.74, 6) is 0. The van der Waals surface area contributed by atoms with Gasteiger partial charge < -0.3 is 5.32 Å². The molecule has 0 bridgehead atoms. The maximum Gasteiger partial charge on any atom is 0.0285 e. The highest BCUT2D eigenvalue weighted by Gasteiger charge is 2.26. The number of hydrogen-bond acceptors (Lipinski definition) is 2. The zero-order valence-corrected chi connectivity index (χ0v) is 13.6. The van der Waals surface area contributed by atoms with E-state index in [9.17, 15) is 0 Å². The van der Waals surface area contributed by atoms with Gasteiger partial charge in [-0.3, -0.25) is 0 Å². The Balaban J connectivity index is 2.63. The van der Waals surface area contributed by atoms with Gasteiger partial charge in [-0.1, -0.05) is 20.8 Å². The molecule has 17 heavy (non-hydrogen) atoms. The van der Waals surface area contributed by atoms with E-state index in [2.05, 4.69) is 53.5 Å². The molecular weight excluding hydrogens is 294 g/mol. The van der Waals surface area contributed by atoms with Crippen LogP contribution in [0.5, 0.6) is 0 Å². The van der Waals surface area contributed by atoms with Gasteiger partial charge in [-0.05, 0) is 59.6 Å². The highest BCUT2D eigenvalue weighted by atomic mass is 79.9. The van der Waals surface area contributed by atoms with Crippen LogP contribution in [0.2, 0.25) is 0 Å². The topological polar surface area (TPSA) is 12.0 Å². The molecular formula is C14H24BrNS. The summed E-state index contributed by atoms with van der Waals surface area (Å²) in [6.45, 7) is 9.14. The molecule has 1 heterocycles. The van der Waals surface area contributed by atoms with E-state index in [1.54, 1.807) is 0 Å². The Morgan fingerprint density at radius 1 is 1.29 bits per heavy atom. The Labute approximate surface area is 118 Å². The van der Waals surface area contributed by atoms with Crippen molar-refractivity contribution >= 4 is 27.3 Å². The first-order chi connectivity index (χ1) is 8.15. The van der Waals surface area contributed by atoms with Crippen LogP contribution in [0, 0.1) is 5.41 Å². The first-order valence-corrected chi connectivity index (χ1v) is 8.26. The molecule has 0 saturated carbocycles. The molecule has 0 spiro atoms. The fourth-order valence-corrected chi connectivity index (χ4v) is 3.78. The van der Waals surface area contributed by atoms with E-state index in [1.165, 1.54) is 35.0 Å². The van der Waals surface area contributed by atoms with Gasteiger partial charge in [-0.25, -0.2) is 0 Å². The second kappa shape index (κ2) is 7.55. The summed E-state index contributed by atoms with van der Waals surface area (Å²) in [4.78, 5) is 1.50. The maximum absolute atomic E-state index is 3.60. The first-order valence-electron chi connectivity index (χ1n) is 6.59. The molecule has 0 amide bonds. The summed E-state index contributed by atoms with van der Waals surface area (Å²) in [5, 5.41) is 5.78. The minimum atomic E-state index is 0.430. The second-order valence-electron chi connectivity index (χ2n) is 4.79. The fraction of sp³-hybridized carbons (Fsp3) is 0.714. The molecule has 1 aromatic rings. The molecule has 0 aliphatic rings. The Morgan fingerprint density at radius 2 is 2.00 bits per heavy atom. The standard InChI is InChI=1S/C14H24BrNS/c1-4-7-16-11-14(5-2,6-3)9-13-8-12(15)10-17-13/h8,10,16H,4-7,9,11H2,1-3H3. The highest BCUT2D eigenvalue weighted by Crippen LogP contribution is 2.33. The Hall–Kier alpha value is 0.140. The van der Waals surface area contributed by atoms with Gasteiger partial charge >= 0.3 is 0 Å². The molecule has 0 aliphatic carbocycles. The molecule has 0 aliphatic heterocycles. The van der Waals surface area contributed by atoms with E-state index in [0.29, 0.717) is 5.41 Å². The van der Waals surface area contributed by atoms with E-state index in [-0.39, 0.29) is 0 Å². The molecule has 98 valence electrons. The van der Waals surface area contributed by atoms with Gasteiger partial charge in [0.1, 0.15) is 0 Å². The zero-order valence-electron chi connectivity index (χ0n) is 11.2. The van der Waals surface area contributed by atoms with Gasteiger partial charge in [0.15, 0.2) is 0 Å². The van der Waals surface area contributed by atoms with Crippen LogP contribution in [-0.2, 0) is 6.42 Å². The minimum absolute atomic E-state index is 0.430. The quantitative estimate of drug-likeness (QED) is 0.675. The lowest BCUT2D eigenvalue weighted by Gasteiger charge is -2.31. The van der Waals surface area contributed by atoms with Crippen molar-refractivity contribution in [3.8, 4) is 0 Å². The van der Waals surface area contributed by atoms with Crippen molar-refractivity contribution in [3.05, 3.63) is 20.8 Å². The normalized spacial score (nSPS) is 12.0. The van der Waals surface area contributed by atoms with Crippen LogP contribution in [0.15, 0.2) is 15.9 Å². The number of thiophene rings is 1. The zero-order chi connectivity index (χ0) is 12.7. The third kappa shape index (κ3) is 4.72. The predicted molar refractivity (Wildman–Crippen MR) is 81.9 cm³/mol. The van der Waals surface area contributed by atoms with Crippen LogP contribution in [0.3, 0.4) is 0 Å². The molecule has 1 nitrogen and oxygen atoms in total. The van der Waals surface area contributed by atoms with Gasteiger partial charge in [0.05, 0.1) is 0 Å². The fourth-order valence-electron chi connectivity index (χ4n) is 2.16. The second-order valence-corrected chi connectivity index (χ2v) is 6.70. The average Bonchev–Trinajstić information content (AvgIpc) is 2.73. The van der Waals surface area contributed by atoms with Gasteiger partial charge in [-0.2, -0.15) is 0 Å². The van der Waals surface area contributed by atoms with E-state index in [1.807, 2.05) is 11.3 Å². The van der Waals surface area contributed by atoms with Gasteiger partial charge in [-0.15, -0.1) is 11.3 Å². The van der Waals surface area contributed by atoms with Crippen molar-refractivity contribution in [3.63, 3.8) is 0 Å². The minimum Gasteiger partial charge on any atom is -0.316 e. The van der Waals surface area contributed by atoms with Gasteiger partial charge in [0.2, 0.25) is 0 Å². The van der Waals surface area contributed by atoms with E-state index >= 15 is 0 Å². The van der Waals surface area contributed by atoms with Crippen LogP contribution in [0.4, 0.5) is 0 Å². The molecule has 1 aromatic heterocycles. The molecule has 0 radical (unpaired) electrons. The van der Waals surface area contributed by atoms with E-state index in [0.717, 1.165) is 13.1 Å². The van der Waals surface area contributed by atoms with Crippen molar-refractivity contribution in [2.24, 2.45) is 5.41 Å². The Morgan fingerprint density at radius 3 is 2.47 bits per heavy atom. The summed E-state index contributed by atoms with van der Waals surface area (Å²) < 4.78 is 1.22. The van der Waals surface area contributed by atoms with E-state index in [4.69, 9.17) is 0 Å². The number of halogens is 1. The molecule has 1 N–H and O–H groups in total. The first kappa shape index (κ1) is 15.2. The lowest BCUT2D eigenvalue weighted by atomic mass is 9.78. The molecule has 0 unspecified atom stereocenters. The average molecular weight is 318 g/mol. The van der Waals surface area contributed by atoms with Crippen molar-refractivity contribution in [1.82, 2.24) is 5.32 Å².